The molecule has 0 amide bonds. The second kappa shape index (κ2) is 3.86. The minimum atomic E-state index is -1.03. The molecule has 0 unspecified atom stereocenters. The molecule has 8 heteroatoms. The first-order valence-corrected chi connectivity index (χ1v) is 3.74. The molecule has 1 aromatic rings. The van der Waals surface area contributed by atoms with Crippen molar-refractivity contribution in [3.05, 3.63) is 37.9 Å². The number of alkyl halides is 1. The van der Waals surface area contributed by atoms with Crippen molar-refractivity contribution in [3.8, 4) is 0 Å². The number of nitrogen functional groups attached to an aromatic ring is 1. The first kappa shape index (κ1) is 10.8. The van der Waals surface area contributed by atoms with E-state index in [1.165, 1.54) is 0 Å². The molecular weight excluding hydrogens is 209 g/mol. The molecule has 0 atom stereocenters. The lowest BCUT2D eigenvalue weighted by molar-refractivity contribution is -0.392. The number of nitro benzene ring substituents is 2. The van der Waals surface area contributed by atoms with Crippen LogP contribution in [0.3, 0.4) is 0 Å². The van der Waals surface area contributed by atoms with Crippen LogP contribution in [0.4, 0.5) is 21.5 Å². The third kappa shape index (κ3) is 1.98. The molecular formula is C7H6FN3O4. The summed E-state index contributed by atoms with van der Waals surface area (Å²) in [6.07, 6.45) is 0. The molecule has 15 heavy (non-hydrogen) atoms. The maximum atomic E-state index is 12.3. The van der Waals surface area contributed by atoms with Gasteiger partial charge in [-0.05, 0) is 5.56 Å². The van der Waals surface area contributed by atoms with E-state index >= 15 is 0 Å². The molecule has 0 aliphatic carbocycles. The Balaban J connectivity index is 3.47. The Morgan fingerprint density at radius 1 is 1.20 bits per heavy atom. The number of nitrogens with zero attached hydrogens (tertiary/aromatic N) is 2. The average molecular weight is 215 g/mol. The average Bonchev–Trinajstić information content (AvgIpc) is 2.17. The smallest absolute Gasteiger partial charge is 0.299 e. The van der Waals surface area contributed by atoms with Crippen molar-refractivity contribution in [2.24, 2.45) is 0 Å². The van der Waals surface area contributed by atoms with E-state index in [1.54, 1.807) is 0 Å². The van der Waals surface area contributed by atoms with Crippen LogP contribution < -0.4 is 5.73 Å². The van der Waals surface area contributed by atoms with Crippen LogP contribution in [-0.2, 0) is 6.67 Å². The Morgan fingerprint density at radius 3 is 1.87 bits per heavy atom. The molecule has 2 N–H and O–H groups in total. The third-order valence-electron chi connectivity index (χ3n) is 1.74. The first-order chi connectivity index (χ1) is 6.97. The van der Waals surface area contributed by atoms with Gasteiger partial charge in [0.05, 0.1) is 9.85 Å². The van der Waals surface area contributed by atoms with Crippen molar-refractivity contribution in [2.45, 2.75) is 6.67 Å². The molecule has 0 radical (unpaired) electrons. The predicted molar refractivity (Wildman–Crippen MR) is 49.0 cm³/mol. The van der Waals surface area contributed by atoms with E-state index in [9.17, 15) is 24.6 Å². The highest BCUT2D eigenvalue weighted by Crippen LogP contribution is 2.32. The number of rotatable bonds is 3. The number of hydrogen-bond donors (Lipinski definition) is 1. The number of benzene rings is 1. The number of nitro groups is 2. The summed E-state index contributed by atoms with van der Waals surface area (Å²) in [6, 6.07) is 1.75. The SMILES string of the molecule is Nc1c([N+](=O)[O-])cc(CF)cc1[N+](=O)[O-]. The Bertz CT molecular complexity index is 399. The van der Waals surface area contributed by atoms with Crippen molar-refractivity contribution < 1.29 is 14.2 Å². The van der Waals surface area contributed by atoms with Gasteiger partial charge in [0.15, 0.2) is 5.69 Å². The molecule has 0 aliphatic rings. The number of nitrogens with two attached hydrogens (primary N) is 1. The largest absolute Gasteiger partial charge is 0.388 e. The van der Waals surface area contributed by atoms with Crippen LogP contribution in [0, 0.1) is 20.2 Å². The van der Waals surface area contributed by atoms with Crippen LogP contribution in [0.2, 0.25) is 0 Å². The Morgan fingerprint density at radius 2 is 1.60 bits per heavy atom. The van der Waals surface area contributed by atoms with Gasteiger partial charge in [-0.2, -0.15) is 0 Å². The molecule has 1 aromatic carbocycles. The molecule has 0 heterocycles. The number of halogens is 1. The van der Waals surface area contributed by atoms with Gasteiger partial charge in [0.25, 0.3) is 11.4 Å². The fraction of sp³-hybridized carbons (Fsp3) is 0.143. The molecule has 0 aliphatic heterocycles. The van der Waals surface area contributed by atoms with Crippen LogP contribution in [0.25, 0.3) is 0 Å². The zero-order valence-corrected chi connectivity index (χ0v) is 7.34. The Hall–Kier alpha value is -2.25. The summed E-state index contributed by atoms with van der Waals surface area (Å²) in [4.78, 5) is 19.1. The molecule has 0 aromatic heterocycles. The summed E-state index contributed by atoms with van der Waals surface area (Å²) in [5.74, 6) is 0. The second-order valence-electron chi connectivity index (χ2n) is 2.70. The van der Waals surface area contributed by atoms with Crippen molar-refractivity contribution >= 4 is 17.1 Å². The van der Waals surface area contributed by atoms with E-state index in [1.807, 2.05) is 0 Å². The van der Waals surface area contributed by atoms with Crippen molar-refractivity contribution in [2.75, 3.05) is 5.73 Å². The molecule has 7 nitrogen and oxygen atoms in total. The molecule has 80 valence electrons. The zero-order chi connectivity index (χ0) is 11.6. The third-order valence-corrected chi connectivity index (χ3v) is 1.74. The summed E-state index contributed by atoms with van der Waals surface area (Å²) >= 11 is 0. The van der Waals surface area contributed by atoms with Crippen LogP contribution in [-0.4, -0.2) is 9.85 Å². The molecule has 0 saturated heterocycles. The zero-order valence-electron chi connectivity index (χ0n) is 7.34. The molecule has 0 spiro atoms. The lowest BCUT2D eigenvalue weighted by Crippen LogP contribution is -2.02. The topological polar surface area (TPSA) is 112 Å². The summed E-state index contributed by atoms with van der Waals surface area (Å²) in [5.41, 5.74) is 3.17. The molecule has 0 bridgehead atoms. The number of hydrogen-bond acceptors (Lipinski definition) is 5. The van der Waals surface area contributed by atoms with E-state index in [0.29, 0.717) is 0 Å². The van der Waals surface area contributed by atoms with Gasteiger partial charge in [0, 0.05) is 12.1 Å². The van der Waals surface area contributed by atoms with Gasteiger partial charge in [0.1, 0.15) is 6.67 Å². The lowest BCUT2D eigenvalue weighted by Gasteiger charge is -2.00. The van der Waals surface area contributed by atoms with E-state index in [-0.39, 0.29) is 5.56 Å². The summed E-state index contributed by atoms with van der Waals surface area (Å²) in [7, 11) is 0. The maximum Gasteiger partial charge on any atom is 0.299 e. The fourth-order valence-corrected chi connectivity index (χ4v) is 1.06. The van der Waals surface area contributed by atoms with E-state index < -0.39 is 33.6 Å². The Labute approximate surface area is 82.6 Å². The predicted octanol–water partition coefficient (Wildman–Crippen LogP) is 1.55. The molecule has 1 rings (SSSR count). The fourth-order valence-electron chi connectivity index (χ4n) is 1.06. The van der Waals surface area contributed by atoms with Crippen LogP contribution >= 0.6 is 0 Å². The van der Waals surface area contributed by atoms with Gasteiger partial charge in [-0.1, -0.05) is 0 Å². The van der Waals surface area contributed by atoms with Gasteiger partial charge in [-0.15, -0.1) is 0 Å². The highest BCUT2D eigenvalue weighted by molar-refractivity contribution is 5.71. The monoisotopic (exact) mass is 215 g/mol. The van der Waals surface area contributed by atoms with Gasteiger partial charge in [-0.25, -0.2) is 4.39 Å². The second-order valence-corrected chi connectivity index (χ2v) is 2.70. The van der Waals surface area contributed by atoms with Crippen LogP contribution in [0.15, 0.2) is 12.1 Å². The summed E-state index contributed by atoms with van der Waals surface area (Å²) in [5, 5.41) is 20.9. The normalized spacial score (nSPS) is 9.93. The quantitative estimate of drug-likeness (QED) is 0.467. The van der Waals surface area contributed by atoms with Gasteiger partial charge < -0.3 is 5.73 Å². The summed E-state index contributed by atoms with van der Waals surface area (Å²) < 4.78 is 12.3. The van der Waals surface area contributed by atoms with Crippen molar-refractivity contribution in [3.63, 3.8) is 0 Å². The van der Waals surface area contributed by atoms with Crippen LogP contribution in [0.5, 0.6) is 0 Å². The van der Waals surface area contributed by atoms with Gasteiger partial charge >= 0.3 is 0 Å². The van der Waals surface area contributed by atoms with Crippen molar-refractivity contribution in [1.82, 2.24) is 0 Å². The highest BCUT2D eigenvalue weighted by atomic mass is 19.1. The minimum absolute atomic E-state index is 0.150. The summed E-state index contributed by atoms with van der Waals surface area (Å²) in [6.45, 7) is -1.03. The van der Waals surface area contributed by atoms with Gasteiger partial charge in [-0.3, -0.25) is 20.2 Å². The first-order valence-electron chi connectivity index (χ1n) is 3.74. The molecule has 0 saturated carbocycles. The number of anilines is 1. The Kier molecular flexibility index (Phi) is 2.79. The van der Waals surface area contributed by atoms with Crippen molar-refractivity contribution in [1.29, 1.82) is 0 Å². The molecule has 0 fully saturated rings. The lowest BCUT2D eigenvalue weighted by atomic mass is 10.1. The maximum absolute atomic E-state index is 12.3. The standard InChI is InChI=1S/C7H6FN3O4/c8-3-4-1-5(10(12)13)7(9)6(2-4)11(14)15/h1-2H,3,9H2. The minimum Gasteiger partial charge on any atom is -0.388 e. The van der Waals surface area contributed by atoms with E-state index in [4.69, 9.17) is 5.73 Å². The van der Waals surface area contributed by atoms with Crippen LogP contribution in [0.1, 0.15) is 5.56 Å². The highest BCUT2D eigenvalue weighted by Gasteiger charge is 2.23. The van der Waals surface area contributed by atoms with Gasteiger partial charge in [0.2, 0.25) is 0 Å². The van der Waals surface area contributed by atoms with E-state index in [0.717, 1.165) is 12.1 Å². The van der Waals surface area contributed by atoms with E-state index in [2.05, 4.69) is 0 Å².